The monoisotopic (exact) mass is 364 g/mol. The number of aromatic nitrogens is 2. The highest BCUT2D eigenvalue weighted by Crippen LogP contribution is 2.20. The largest absolute Gasteiger partial charge is 0.373 e. The Morgan fingerprint density at radius 1 is 1.42 bits per heavy atom. The van der Waals surface area contributed by atoms with Gasteiger partial charge in [-0.1, -0.05) is 35.2 Å². The Kier molecular flexibility index (Phi) is 5.85. The maximum Gasteiger partial charge on any atom is 0.292 e. The number of benzene rings is 1. The van der Waals surface area contributed by atoms with Gasteiger partial charge in [-0.25, -0.2) is 0 Å². The van der Waals surface area contributed by atoms with Gasteiger partial charge in [0.2, 0.25) is 5.91 Å². The van der Waals surface area contributed by atoms with Crippen LogP contribution in [0.2, 0.25) is 10.0 Å². The minimum absolute atomic E-state index is 0.0774. The fourth-order valence-corrected chi connectivity index (χ4v) is 2.21. The van der Waals surface area contributed by atoms with Crippen molar-refractivity contribution in [3.8, 4) is 18.0 Å². The highest BCUT2D eigenvalue weighted by molar-refractivity contribution is 6.33. The summed E-state index contributed by atoms with van der Waals surface area (Å²) in [5.74, 6) is 1.97. The van der Waals surface area contributed by atoms with Crippen molar-refractivity contribution in [1.82, 2.24) is 15.1 Å². The number of hydrogen-bond donors (Lipinski definition) is 2. The molecule has 0 aliphatic carbocycles. The van der Waals surface area contributed by atoms with Crippen LogP contribution in [-0.4, -0.2) is 28.8 Å². The molecular formula is C16H14Cl2N4O2. The smallest absolute Gasteiger partial charge is 0.292 e. The number of halogens is 2. The number of terminal acetylenes is 1. The molecule has 0 aliphatic heterocycles. The van der Waals surface area contributed by atoms with Gasteiger partial charge in [-0.15, -0.1) is 6.42 Å². The Morgan fingerprint density at radius 3 is 2.83 bits per heavy atom. The van der Waals surface area contributed by atoms with E-state index in [9.17, 15) is 9.59 Å². The minimum Gasteiger partial charge on any atom is -0.373 e. The molecule has 24 heavy (non-hydrogen) atoms. The zero-order valence-corrected chi connectivity index (χ0v) is 14.3. The molecular weight excluding hydrogens is 351 g/mol. The highest BCUT2D eigenvalue weighted by Gasteiger charge is 2.12. The molecule has 2 aromatic rings. The van der Waals surface area contributed by atoms with Gasteiger partial charge in [0, 0.05) is 5.02 Å². The van der Waals surface area contributed by atoms with Crippen molar-refractivity contribution in [1.29, 1.82) is 0 Å². The molecule has 0 spiro atoms. The van der Waals surface area contributed by atoms with Crippen LogP contribution in [0.4, 0.5) is 5.69 Å². The third-order valence-electron chi connectivity index (χ3n) is 3.15. The van der Waals surface area contributed by atoms with E-state index in [1.165, 1.54) is 6.20 Å². The first-order chi connectivity index (χ1) is 11.4. The van der Waals surface area contributed by atoms with Gasteiger partial charge in [0.05, 0.1) is 30.7 Å². The van der Waals surface area contributed by atoms with E-state index in [-0.39, 0.29) is 29.7 Å². The Hall–Kier alpha value is -2.49. The van der Waals surface area contributed by atoms with Gasteiger partial charge in [0.1, 0.15) is 5.02 Å². The van der Waals surface area contributed by atoms with Crippen molar-refractivity contribution in [3.63, 3.8) is 0 Å². The number of hydrogen-bond acceptors (Lipinski definition) is 4. The molecule has 2 rings (SSSR count). The Balaban J connectivity index is 2.22. The highest BCUT2D eigenvalue weighted by atomic mass is 35.5. The van der Waals surface area contributed by atoms with Crippen LogP contribution in [0.15, 0.2) is 29.2 Å². The van der Waals surface area contributed by atoms with Crippen LogP contribution in [0.3, 0.4) is 0 Å². The summed E-state index contributed by atoms with van der Waals surface area (Å²) < 4.78 is 1.14. The van der Waals surface area contributed by atoms with Gasteiger partial charge in [-0.3, -0.25) is 9.59 Å². The summed E-state index contributed by atoms with van der Waals surface area (Å²) in [6.45, 7) is 1.90. The van der Waals surface area contributed by atoms with Crippen LogP contribution in [0.25, 0.3) is 5.69 Å². The lowest BCUT2D eigenvalue weighted by molar-refractivity contribution is -0.119. The van der Waals surface area contributed by atoms with Crippen LogP contribution in [0, 0.1) is 19.3 Å². The molecule has 124 valence electrons. The number of carbonyl (C=O) groups excluding carboxylic acids is 1. The molecule has 0 radical (unpaired) electrons. The lowest BCUT2D eigenvalue weighted by atomic mass is 10.2. The van der Waals surface area contributed by atoms with Gasteiger partial charge in [0.15, 0.2) is 0 Å². The lowest BCUT2D eigenvalue weighted by Crippen LogP contribution is -2.31. The van der Waals surface area contributed by atoms with E-state index in [2.05, 4.69) is 21.7 Å². The predicted octanol–water partition coefficient (Wildman–Crippen LogP) is 2.01. The second-order valence-electron chi connectivity index (χ2n) is 4.86. The third kappa shape index (κ3) is 4.07. The maximum atomic E-state index is 12.4. The first-order valence-corrected chi connectivity index (χ1v) is 7.68. The Bertz CT molecular complexity index is 871. The molecule has 6 nitrogen and oxygen atoms in total. The second kappa shape index (κ2) is 7.86. The summed E-state index contributed by atoms with van der Waals surface area (Å²) in [5, 5.41) is 9.73. The minimum atomic E-state index is -0.523. The summed E-state index contributed by atoms with van der Waals surface area (Å²) in [4.78, 5) is 23.9. The zero-order chi connectivity index (χ0) is 17.7. The van der Waals surface area contributed by atoms with E-state index in [4.69, 9.17) is 29.6 Å². The normalized spacial score (nSPS) is 10.1. The number of nitrogens with zero attached hydrogens (tertiary/aromatic N) is 2. The quantitative estimate of drug-likeness (QED) is 0.795. The van der Waals surface area contributed by atoms with E-state index in [0.29, 0.717) is 10.7 Å². The van der Waals surface area contributed by atoms with Crippen LogP contribution in [0.5, 0.6) is 0 Å². The van der Waals surface area contributed by atoms with E-state index in [0.717, 1.165) is 10.2 Å². The van der Waals surface area contributed by atoms with Gasteiger partial charge in [0.25, 0.3) is 5.56 Å². The van der Waals surface area contributed by atoms with Crippen molar-refractivity contribution in [3.05, 3.63) is 50.4 Å². The fraction of sp³-hybridized carbons (Fsp3) is 0.188. The summed E-state index contributed by atoms with van der Waals surface area (Å²) in [5.41, 5.74) is 1.12. The van der Waals surface area contributed by atoms with Crippen LogP contribution < -0.4 is 16.2 Å². The number of anilines is 1. The van der Waals surface area contributed by atoms with Gasteiger partial charge >= 0.3 is 0 Å². The van der Waals surface area contributed by atoms with Crippen molar-refractivity contribution in [2.45, 2.75) is 6.92 Å². The predicted molar refractivity (Wildman–Crippen MR) is 94.9 cm³/mol. The van der Waals surface area contributed by atoms with E-state index in [1.54, 1.807) is 18.2 Å². The van der Waals surface area contributed by atoms with Gasteiger partial charge < -0.3 is 10.6 Å². The molecule has 0 saturated heterocycles. The molecule has 1 amide bonds. The average Bonchev–Trinajstić information content (AvgIpc) is 2.57. The molecule has 1 aromatic heterocycles. The molecule has 0 unspecified atom stereocenters. The molecule has 0 fully saturated rings. The molecule has 1 aromatic carbocycles. The van der Waals surface area contributed by atoms with E-state index >= 15 is 0 Å². The standard InChI is InChI=1S/C16H14Cl2N4O2/c1-3-6-19-14(23)9-20-13-8-21-22(16(24)15(13)18)11-5-4-10(2)12(17)7-11/h1,4-5,7-8,20H,6,9H2,2H3,(H,19,23). The summed E-state index contributed by atoms with van der Waals surface area (Å²) in [7, 11) is 0. The number of carbonyl (C=O) groups is 1. The molecule has 0 bridgehead atoms. The first-order valence-electron chi connectivity index (χ1n) is 6.92. The molecule has 0 saturated carbocycles. The Morgan fingerprint density at radius 2 is 2.17 bits per heavy atom. The van der Waals surface area contributed by atoms with Crippen LogP contribution in [-0.2, 0) is 4.79 Å². The van der Waals surface area contributed by atoms with Crippen molar-refractivity contribution >= 4 is 34.8 Å². The fourth-order valence-electron chi connectivity index (χ4n) is 1.84. The number of rotatable bonds is 5. The summed E-state index contributed by atoms with van der Waals surface area (Å²) in [6, 6.07) is 5.12. The number of amides is 1. The summed E-state index contributed by atoms with van der Waals surface area (Å²) in [6.07, 6.45) is 6.42. The maximum absolute atomic E-state index is 12.4. The van der Waals surface area contributed by atoms with Gasteiger partial charge in [-0.05, 0) is 24.6 Å². The lowest BCUT2D eigenvalue weighted by Gasteiger charge is -2.10. The van der Waals surface area contributed by atoms with Crippen molar-refractivity contribution in [2.75, 3.05) is 18.4 Å². The second-order valence-corrected chi connectivity index (χ2v) is 5.64. The zero-order valence-electron chi connectivity index (χ0n) is 12.8. The van der Waals surface area contributed by atoms with Crippen molar-refractivity contribution < 1.29 is 4.79 Å². The average molecular weight is 365 g/mol. The van der Waals surface area contributed by atoms with Crippen LogP contribution >= 0.6 is 23.2 Å². The number of nitrogens with one attached hydrogen (secondary N) is 2. The first kappa shape index (κ1) is 17.9. The third-order valence-corrected chi connectivity index (χ3v) is 3.92. The van der Waals surface area contributed by atoms with Gasteiger partial charge in [-0.2, -0.15) is 9.78 Å². The molecule has 1 heterocycles. The number of aryl methyl sites for hydroxylation is 1. The Labute approximate surface area is 148 Å². The van der Waals surface area contributed by atoms with Crippen LogP contribution in [0.1, 0.15) is 5.56 Å². The molecule has 2 N–H and O–H groups in total. The molecule has 8 heteroatoms. The topological polar surface area (TPSA) is 76.0 Å². The molecule has 0 aliphatic rings. The summed E-state index contributed by atoms with van der Waals surface area (Å²) >= 11 is 12.1. The SMILES string of the molecule is C#CCNC(=O)CNc1cnn(-c2ccc(C)c(Cl)c2)c(=O)c1Cl. The molecule has 0 atom stereocenters. The van der Waals surface area contributed by atoms with E-state index < -0.39 is 5.56 Å². The van der Waals surface area contributed by atoms with E-state index in [1.807, 2.05) is 6.92 Å². The van der Waals surface area contributed by atoms with Crippen molar-refractivity contribution in [2.24, 2.45) is 0 Å².